The molecule has 32 heavy (non-hydrogen) atoms. The first kappa shape index (κ1) is 23.2. The minimum Gasteiger partial charge on any atom is -0.353 e. The molecule has 1 aliphatic carbocycles. The molecule has 0 radical (unpaired) electrons. The van der Waals surface area contributed by atoms with Crippen LogP contribution < -0.4 is 5.32 Å². The zero-order chi connectivity index (χ0) is 22.3. The van der Waals surface area contributed by atoms with Gasteiger partial charge in [-0.25, -0.2) is 0 Å². The lowest BCUT2D eigenvalue weighted by atomic mass is 9.95. The molecule has 1 aromatic rings. The molecule has 1 N–H and O–H groups in total. The Balaban J connectivity index is 1.31. The number of aryl methyl sites for hydroxylation is 1. The predicted molar refractivity (Wildman–Crippen MR) is 128 cm³/mol. The van der Waals surface area contributed by atoms with Crippen LogP contribution in [0.5, 0.6) is 0 Å². The topological polar surface area (TPSA) is 55.9 Å². The average Bonchev–Trinajstić information content (AvgIpc) is 3.35. The molecule has 3 fully saturated rings. The van der Waals surface area contributed by atoms with Gasteiger partial charge >= 0.3 is 0 Å². The summed E-state index contributed by atoms with van der Waals surface area (Å²) in [7, 11) is 0. The van der Waals surface area contributed by atoms with Gasteiger partial charge in [0.2, 0.25) is 5.91 Å². The molecule has 2 heterocycles. The van der Waals surface area contributed by atoms with E-state index >= 15 is 0 Å². The monoisotopic (exact) mass is 440 g/mol. The number of hydrogen-bond acceptors (Lipinski definition) is 4. The third-order valence-electron chi connectivity index (χ3n) is 7.58. The van der Waals surface area contributed by atoms with Crippen molar-refractivity contribution in [3.05, 3.63) is 35.4 Å². The Labute approximate surface area is 193 Å². The van der Waals surface area contributed by atoms with E-state index in [-0.39, 0.29) is 17.9 Å². The van der Waals surface area contributed by atoms with E-state index in [0.29, 0.717) is 19.0 Å². The second-order valence-corrected chi connectivity index (χ2v) is 9.88. The average molecular weight is 441 g/mol. The Hall–Kier alpha value is -1.92. The normalized spacial score (nSPS) is 22.1. The Morgan fingerprint density at radius 1 is 0.906 bits per heavy atom. The van der Waals surface area contributed by atoms with Crippen LogP contribution >= 0.6 is 0 Å². The molecule has 0 spiro atoms. The zero-order valence-corrected chi connectivity index (χ0v) is 19.7. The molecular weight excluding hydrogens is 400 g/mol. The smallest absolute Gasteiger partial charge is 0.253 e. The number of likely N-dealkylation sites (tertiary alicyclic amines) is 1. The number of carbonyl (C=O) groups excluding carboxylic acids is 2. The van der Waals surface area contributed by atoms with Crippen LogP contribution in [0.2, 0.25) is 0 Å². The minimum atomic E-state index is -0.0458. The van der Waals surface area contributed by atoms with E-state index < -0.39 is 0 Å². The fraction of sp³-hybridized carbons (Fsp3) is 0.692. The van der Waals surface area contributed by atoms with Crippen LogP contribution in [0, 0.1) is 12.8 Å². The van der Waals surface area contributed by atoms with Crippen molar-refractivity contribution in [2.24, 2.45) is 5.92 Å². The van der Waals surface area contributed by atoms with Crippen molar-refractivity contribution in [1.29, 1.82) is 0 Å². The highest BCUT2D eigenvalue weighted by Crippen LogP contribution is 2.31. The second kappa shape index (κ2) is 11.3. The van der Waals surface area contributed by atoms with E-state index in [0.717, 1.165) is 50.1 Å². The molecule has 2 saturated heterocycles. The van der Waals surface area contributed by atoms with Crippen molar-refractivity contribution >= 4 is 11.8 Å². The highest BCUT2D eigenvalue weighted by Gasteiger charge is 2.37. The quantitative estimate of drug-likeness (QED) is 0.708. The summed E-state index contributed by atoms with van der Waals surface area (Å²) in [6, 6.07) is 7.78. The lowest BCUT2D eigenvalue weighted by molar-refractivity contribution is -0.129. The molecule has 2 aliphatic heterocycles. The third-order valence-corrected chi connectivity index (χ3v) is 7.58. The maximum absolute atomic E-state index is 13.3. The van der Waals surface area contributed by atoms with Crippen molar-refractivity contribution in [3.8, 4) is 0 Å². The highest BCUT2D eigenvalue weighted by molar-refractivity contribution is 5.94. The SMILES string of the molecule is Cc1ccc(C(=O)N2CCN([C@@H](C(=O)NCCN3CCCCC3)C3CCCC3)CC2)cc1. The number of carbonyl (C=O) groups is 2. The maximum atomic E-state index is 13.3. The standard InChI is InChI=1S/C26H40N4O2/c1-21-9-11-23(12-10-21)26(32)30-19-17-29(18-20-30)24(22-7-3-4-8-22)25(31)27-13-16-28-14-5-2-6-15-28/h9-12,22,24H,2-8,13-20H2,1H3,(H,27,31)/t24-/m1/s1. The molecule has 176 valence electrons. The Bertz CT molecular complexity index is 746. The van der Waals surface area contributed by atoms with Crippen molar-refractivity contribution in [2.45, 2.75) is 57.9 Å². The maximum Gasteiger partial charge on any atom is 0.253 e. The van der Waals surface area contributed by atoms with Crippen LogP contribution in [0.4, 0.5) is 0 Å². The molecule has 0 bridgehead atoms. The van der Waals surface area contributed by atoms with Crippen molar-refractivity contribution in [3.63, 3.8) is 0 Å². The van der Waals surface area contributed by atoms with Gasteiger partial charge in [-0.05, 0) is 63.7 Å². The molecule has 3 aliphatic rings. The highest BCUT2D eigenvalue weighted by atomic mass is 16.2. The number of hydrogen-bond donors (Lipinski definition) is 1. The predicted octanol–water partition coefficient (Wildman–Crippen LogP) is 2.91. The minimum absolute atomic E-state index is 0.0458. The van der Waals surface area contributed by atoms with Crippen LogP contribution in [0.15, 0.2) is 24.3 Å². The van der Waals surface area contributed by atoms with Gasteiger partial charge in [-0.2, -0.15) is 0 Å². The molecule has 2 amide bonds. The first-order valence-corrected chi connectivity index (χ1v) is 12.7. The summed E-state index contributed by atoms with van der Waals surface area (Å²) >= 11 is 0. The van der Waals surface area contributed by atoms with Gasteiger partial charge in [0.25, 0.3) is 5.91 Å². The van der Waals surface area contributed by atoms with Crippen LogP contribution in [0.25, 0.3) is 0 Å². The molecule has 0 aromatic heterocycles. The van der Waals surface area contributed by atoms with Gasteiger partial charge in [0.15, 0.2) is 0 Å². The van der Waals surface area contributed by atoms with E-state index in [1.165, 1.54) is 45.2 Å². The second-order valence-electron chi connectivity index (χ2n) is 9.88. The summed E-state index contributed by atoms with van der Waals surface area (Å²) < 4.78 is 0. The Kier molecular flexibility index (Phi) is 8.20. The Morgan fingerprint density at radius 2 is 1.56 bits per heavy atom. The van der Waals surface area contributed by atoms with Crippen LogP contribution in [0.1, 0.15) is 60.9 Å². The van der Waals surface area contributed by atoms with Crippen LogP contribution in [0.3, 0.4) is 0 Å². The van der Waals surface area contributed by atoms with Crippen LogP contribution in [-0.4, -0.2) is 84.9 Å². The largest absolute Gasteiger partial charge is 0.353 e. The molecule has 0 unspecified atom stereocenters. The number of amides is 2. The summed E-state index contributed by atoms with van der Waals surface area (Å²) in [4.78, 5) is 33.0. The van der Waals surface area contributed by atoms with E-state index in [1.54, 1.807) is 0 Å². The number of piperidine rings is 1. The van der Waals surface area contributed by atoms with E-state index in [9.17, 15) is 9.59 Å². The summed E-state index contributed by atoms with van der Waals surface area (Å²) in [6.07, 6.45) is 8.65. The van der Waals surface area contributed by atoms with Gasteiger partial charge in [0, 0.05) is 44.8 Å². The number of piperazine rings is 1. The lowest BCUT2D eigenvalue weighted by Gasteiger charge is -2.41. The zero-order valence-electron chi connectivity index (χ0n) is 19.7. The first-order valence-electron chi connectivity index (χ1n) is 12.7. The molecule has 1 saturated carbocycles. The molecule has 1 aromatic carbocycles. The van der Waals surface area contributed by atoms with Gasteiger partial charge in [0.1, 0.15) is 0 Å². The van der Waals surface area contributed by atoms with Gasteiger partial charge in [0.05, 0.1) is 6.04 Å². The molecule has 1 atom stereocenters. The lowest BCUT2D eigenvalue weighted by Crippen LogP contribution is -2.58. The van der Waals surface area contributed by atoms with Crippen molar-refractivity contribution in [2.75, 3.05) is 52.4 Å². The number of nitrogens with zero attached hydrogens (tertiary/aromatic N) is 3. The van der Waals surface area contributed by atoms with Crippen molar-refractivity contribution < 1.29 is 9.59 Å². The fourth-order valence-corrected chi connectivity index (χ4v) is 5.66. The molecule has 6 nitrogen and oxygen atoms in total. The number of benzene rings is 1. The van der Waals surface area contributed by atoms with Crippen molar-refractivity contribution in [1.82, 2.24) is 20.0 Å². The van der Waals surface area contributed by atoms with E-state index in [1.807, 2.05) is 36.1 Å². The molecule has 4 rings (SSSR count). The van der Waals surface area contributed by atoms with Crippen LogP contribution in [-0.2, 0) is 4.79 Å². The number of nitrogens with one attached hydrogen (secondary N) is 1. The number of rotatable bonds is 7. The van der Waals surface area contributed by atoms with Gasteiger partial charge in [-0.3, -0.25) is 14.5 Å². The van der Waals surface area contributed by atoms with Gasteiger partial charge in [-0.1, -0.05) is 37.0 Å². The van der Waals surface area contributed by atoms with E-state index in [2.05, 4.69) is 15.1 Å². The van der Waals surface area contributed by atoms with E-state index in [4.69, 9.17) is 0 Å². The summed E-state index contributed by atoms with van der Waals surface area (Å²) in [5.74, 6) is 0.754. The van der Waals surface area contributed by atoms with Gasteiger partial charge in [-0.15, -0.1) is 0 Å². The summed E-state index contributed by atoms with van der Waals surface area (Å²) in [5, 5.41) is 3.27. The third kappa shape index (κ3) is 5.90. The Morgan fingerprint density at radius 3 is 2.22 bits per heavy atom. The molecular formula is C26H40N4O2. The molecule has 6 heteroatoms. The fourth-order valence-electron chi connectivity index (χ4n) is 5.66. The first-order chi connectivity index (χ1) is 15.6. The van der Waals surface area contributed by atoms with Gasteiger partial charge < -0.3 is 15.1 Å². The summed E-state index contributed by atoms with van der Waals surface area (Å²) in [5.41, 5.74) is 1.92. The summed E-state index contributed by atoms with van der Waals surface area (Å²) in [6.45, 7) is 9.01.